The number of hydrogen-bond donors (Lipinski definition) is 1. The molecule has 1 fully saturated rings. The topological polar surface area (TPSA) is 125 Å². The van der Waals surface area contributed by atoms with Crippen LogP contribution in [0.5, 0.6) is 0 Å². The van der Waals surface area contributed by atoms with Gasteiger partial charge in [0.25, 0.3) is 0 Å². The van der Waals surface area contributed by atoms with E-state index in [1.165, 1.54) is 0 Å². The lowest BCUT2D eigenvalue weighted by atomic mass is 9.99. The Bertz CT molecular complexity index is 444. The van der Waals surface area contributed by atoms with Gasteiger partial charge in [0.05, 0.1) is 6.61 Å². The molecule has 0 saturated carbocycles. The minimum absolute atomic E-state index is 0.299. The average Bonchev–Trinajstić information content (AvgIpc) is 2.31. The number of carboxylic acid groups (broad SMARTS) is 1. The van der Waals surface area contributed by atoms with Crippen molar-refractivity contribution >= 4 is 23.9 Å². The second kappa shape index (κ2) is 7.02. The van der Waals surface area contributed by atoms with E-state index < -0.39 is 48.3 Å². The Morgan fingerprint density at radius 1 is 0.905 bits per heavy atom. The van der Waals surface area contributed by atoms with Crippen LogP contribution in [0.15, 0.2) is 0 Å². The van der Waals surface area contributed by atoms with Gasteiger partial charge in [-0.05, 0) is 0 Å². The van der Waals surface area contributed by atoms with Gasteiger partial charge in [-0.1, -0.05) is 0 Å². The number of carboxylic acids is 1. The van der Waals surface area contributed by atoms with E-state index in [2.05, 4.69) is 0 Å². The molecule has 4 atom stereocenters. The first-order valence-corrected chi connectivity index (χ1v) is 6.08. The molecule has 1 aliphatic rings. The summed E-state index contributed by atoms with van der Waals surface area (Å²) < 4.78 is 19.8. The first kappa shape index (κ1) is 16.9. The van der Waals surface area contributed by atoms with Gasteiger partial charge in [0.15, 0.2) is 24.4 Å². The van der Waals surface area contributed by atoms with Gasteiger partial charge in [0, 0.05) is 20.8 Å². The quantitative estimate of drug-likeness (QED) is 0.528. The maximum Gasteiger partial charge on any atom is 0.336 e. The van der Waals surface area contributed by atoms with Gasteiger partial charge < -0.3 is 24.1 Å². The van der Waals surface area contributed by atoms with Crippen molar-refractivity contribution in [2.75, 3.05) is 6.61 Å². The fourth-order valence-electron chi connectivity index (χ4n) is 1.95. The summed E-state index contributed by atoms with van der Waals surface area (Å²) in [5.41, 5.74) is 0. The minimum atomic E-state index is -1.52. The van der Waals surface area contributed by atoms with Crippen LogP contribution in [-0.4, -0.2) is 60.0 Å². The summed E-state index contributed by atoms with van der Waals surface area (Å²) in [6.07, 6.45) is -5.26. The Morgan fingerprint density at radius 3 is 1.81 bits per heavy atom. The summed E-state index contributed by atoms with van der Waals surface area (Å²) in [6.45, 7) is 3.00. The SMILES string of the molecule is CC(=O)OC1COC(C(=O)O)[C@@H](OC(C)=O)C1OC(C)=O. The number of rotatable bonds is 4. The van der Waals surface area contributed by atoms with Crippen molar-refractivity contribution in [1.82, 2.24) is 0 Å². The van der Waals surface area contributed by atoms with Gasteiger partial charge >= 0.3 is 23.9 Å². The molecule has 118 valence electrons. The van der Waals surface area contributed by atoms with E-state index in [4.69, 9.17) is 24.1 Å². The maximum absolute atomic E-state index is 11.2. The van der Waals surface area contributed by atoms with Crippen molar-refractivity contribution < 1.29 is 43.2 Å². The zero-order valence-electron chi connectivity index (χ0n) is 11.7. The van der Waals surface area contributed by atoms with Crippen LogP contribution in [-0.2, 0) is 38.1 Å². The fourth-order valence-corrected chi connectivity index (χ4v) is 1.95. The lowest BCUT2D eigenvalue weighted by Gasteiger charge is -2.38. The van der Waals surface area contributed by atoms with Gasteiger partial charge in [-0.2, -0.15) is 0 Å². The third-order valence-corrected chi connectivity index (χ3v) is 2.59. The molecule has 1 N–H and O–H groups in total. The van der Waals surface area contributed by atoms with Crippen molar-refractivity contribution in [3.63, 3.8) is 0 Å². The monoisotopic (exact) mass is 304 g/mol. The lowest BCUT2D eigenvalue weighted by molar-refractivity contribution is -0.228. The number of carbonyl (C=O) groups excluding carboxylic acids is 3. The summed E-state index contributed by atoms with van der Waals surface area (Å²) >= 11 is 0. The molecule has 0 spiro atoms. The van der Waals surface area contributed by atoms with E-state index in [0.29, 0.717) is 0 Å². The molecular formula is C12H16O9. The predicted octanol–water partition coefficient (Wildman–Crippen LogP) is -0.735. The molecule has 1 rings (SSSR count). The molecule has 0 aromatic heterocycles. The molecule has 21 heavy (non-hydrogen) atoms. The Hall–Kier alpha value is -2.16. The highest BCUT2D eigenvalue weighted by Gasteiger charge is 2.49. The second-order valence-electron chi connectivity index (χ2n) is 4.39. The highest BCUT2D eigenvalue weighted by atomic mass is 16.6. The third kappa shape index (κ3) is 4.71. The molecule has 9 nitrogen and oxygen atoms in total. The van der Waals surface area contributed by atoms with Gasteiger partial charge in [0.1, 0.15) is 0 Å². The van der Waals surface area contributed by atoms with Crippen LogP contribution in [0.2, 0.25) is 0 Å². The van der Waals surface area contributed by atoms with E-state index in [1.807, 2.05) is 0 Å². The molecule has 9 heteroatoms. The van der Waals surface area contributed by atoms with Gasteiger partial charge in [0.2, 0.25) is 0 Å². The summed E-state index contributed by atoms with van der Waals surface area (Å²) in [6, 6.07) is 0. The minimum Gasteiger partial charge on any atom is -0.479 e. The largest absolute Gasteiger partial charge is 0.479 e. The fraction of sp³-hybridized carbons (Fsp3) is 0.667. The molecule has 3 unspecified atom stereocenters. The van der Waals surface area contributed by atoms with Crippen LogP contribution in [0.25, 0.3) is 0 Å². The van der Waals surface area contributed by atoms with Gasteiger partial charge in [-0.15, -0.1) is 0 Å². The van der Waals surface area contributed by atoms with E-state index >= 15 is 0 Å². The Kier molecular flexibility index (Phi) is 5.65. The molecule has 0 aromatic rings. The van der Waals surface area contributed by atoms with Crippen molar-refractivity contribution in [2.24, 2.45) is 0 Å². The Balaban J connectivity index is 3.06. The van der Waals surface area contributed by atoms with Crippen molar-refractivity contribution in [3.05, 3.63) is 0 Å². The average molecular weight is 304 g/mol. The number of hydrogen-bond acceptors (Lipinski definition) is 8. The second-order valence-corrected chi connectivity index (χ2v) is 4.39. The number of ether oxygens (including phenoxy) is 4. The molecule has 1 saturated heterocycles. The highest BCUT2D eigenvalue weighted by molar-refractivity contribution is 5.75. The summed E-state index contributed by atoms with van der Waals surface area (Å²) in [4.78, 5) is 44.5. The number of aliphatic carboxylic acids is 1. The standard InChI is InChI=1S/C12H16O9/c1-5(13)19-8-4-18-11(12(16)17)10(21-7(3)15)9(8)20-6(2)14/h8-11H,4H2,1-3H3,(H,16,17)/t8?,9?,10-,11?/m0/s1. The highest BCUT2D eigenvalue weighted by Crippen LogP contribution is 2.24. The van der Waals surface area contributed by atoms with E-state index in [-0.39, 0.29) is 6.61 Å². The van der Waals surface area contributed by atoms with E-state index in [9.17, 15) is 19.2 Å². The zero-order valence-corrected chi connectivity index (χ0v) is 11.7. The van der Waals surface area contributed by atoms with Crippen molar-refractivity contribution in [1.29, 1.82) is 0 Å². The molecular weight excluding hydrogens is 288 g/mol. The van der Waals surface area contributed by atoms with Crippen LogP contribution in [0.4, 0.5) is 0 Å². The van der Waals surface area contributed by atoms with Crippen molar-refractivity contribution in [3.8, 4) is 0 Å². The van der Waals surface area contributed by atoms with Crippen LogP contribution in [0.3, 0.4) is 0 Å². The normalized spacial score (nSPS) is 28.3. The smallest absolute Gasteiger partial charge is 0.336 e. The first-order chi connectivity index (χ1) is 9.72. The van der Waals surface area contributed by atoms with E-state index in [1.54, 1.807) is 0 Å². The van der Waals surface area contributed by atoms with Crippen LogP contribution in [0.1, 0.15) is 20.8 Å². The molecule has 1 heterocycles. The molecule has 0 aromatic carbocycles. The Labute approximate surface area is 120 Å². The zero-order chi connectivity index (χ0) is 16.2. The van der Waals surface area contributed by atoms with Gasteiger partial charge in [-0.3, -0.25) is 14.4 Å². The summed E-state index contributed by atoms with van der Waals surface area (Å²) in [5, 5.41) is 9.08. The van der Waals surface area contributed by atoms with E-state index in [0.717, 1.165) is 20.8 Å². The third-order valence-electron chi connectivity index (χ3n) is 2.59. The molecule has 1 aliphatic heterocycles. The lowest BCUT2D eigenvalue weighted by Crippen LogP contribution is -2.59. The molecule has 0 bridgehead atoms. The van der Waals surface area contributed by atoms with Crippen LogP contribution in [0, 0.1) is 0 Å². The molecule has 0 radical (unpaired) electrons. The maximum atomic E-state index is 11.2. The van der Waals surface area contributed by atoms with Crippen LogP contribution >= 0.6 is 0 Å². The first-order valence-electron chi connectivity index (χ1n) is 6.08. The number of esters is 3. The van der Waals surface area contributed by atoms with Crippen LogP contribution < -0.4 is 0 Å². The van der Waals surface area contributed by atoms with Crippen molar-refractivity contribution in [2.45, 2.75) is 45.2 Å². The predicted molar refractivity (Wildman–Crippen MR) is 64.0 cm³/mol. The number of carbonyl (C=O) groups is 4. The summed E-state index contributed by atoms with van der Waals surface area (Å²) in [5.74, 6) is -3.58. The summed E-state index contributed by atoms with van der Waals surface area (Å²) in [7, 11) is 0. The molecule has 0 amide bonds. The molecule has 0 aliphatic carbocycles. The Morgan fingerprint density at radius 2 is 1.38 bits per heavy atom. The van der Waals surface area contributed by atoms with Gasteiger partial charge in [-0.25, -0.2) is 4.79 Å².